The fourth-order valence-electron chi connectivity index (χ4n) is 1.82. The second-order valence-corrected chi connectivity index (χ2v) is 6.53. The second kappa shape index (κ2) is 6.10. The molecule has 1 heterocycles. The van der Waals surface area contributed by atoms with Crippen LogP contribution in [0.3, 0.4) is 0 Å². The summed E-state index contributed by atoms with van der Waals surface area (Å²) in [6.45, 7) is 4.70. The number of amides is 1. The van der Waals surface area contributed by atoms with Crippen molar-refractivity contribution in [1.82, 2.24) is 10.3 Å². The molecule has 0 aliphatic heterocycles. The molecule has 0 saturated carbocycles. The quantitative estimate of drug-likeness (QED) is 0.908. The van der Waals surface area contributed by atoms with Crippen LogP contribution in [-0.2, 0) is 0 Å². The number of aliphatic hydroxyl groups is 1. The summed E-state index contributed by atoms with van der Waals surface area (Å²) in [5.41, 5.74) is -0.651. The molecule has 2 aromatic rings. The molecule has 2 N–H and O–H groups in total. The van der Waals surface area contributed by atoms with Crippen LogP contribution in [0.4, 0.5) is 8.78 Å². The predicted molar refractivity (Wildman–Crippen MR) is 80.8 cm³/mol. The first-order valence-corrected chi connectivity index (χ1v) is 7.42. The third-order valence-corrected chi connectivity index (χ3v) is 4.20. The summed E-state index contributed by atoms with van der Waals surface area (Å²) in [6.07, 6.45) is 0. The molecule has 22 heavy (non-hydrogen) atoms. The average Bonchev–Trinajstić information content (AvgIpc) is 2.80. The van der Waals surface area contributed by atoms with Gasteiger partial charge < -0.3 is 10.4 Å². The Hall–Kier alpha value is -1.86. The summed E-state index contributed by atoms with van der Waals surface area (Å²) in [6, 6.07) is 3.56. The van der Waals surface area contributed by atoms with E-state index in [-0.39, 0.29) is 22.1 Å². The van der Waals surface area contributed by atoms with Crippen LogP contribution < -0.4 is 5.32 Å². The highest BCUT2D eigenvalue weighted by molar-refractivity contribution is 7.17. The van der Waals surface area contributed by atoms with Gasteiger partial charge in [0.25, 0.3) is 5.91 Å². The summed E-state index contributed by atoms with van der Waals surface area (Å²) >= 11 is 0.915. The van der Waals surface area contributed by atoms with Crippen molar-refractivity contribution in [3.8, 4) is 10.6 Å². The van der Waals surface area contributed by atoms with Crippen molar-refractivity contribution in [2.75, 3.05) is 6.61 Å². The number of aromatic nitrogens is 1. The Morgan fingerprint density at radius 3 is 2.50 bits per heavy atom. The first-order valence-electron chi connectivity index (χ1n) is 6.60. The average molecular weight is 326 g/mol. The van der Waals surface area contributed by atoms with E-state index < -0.39 is 23.1 Å². The Labute approximate surface area is 130 Å². The van der Waals surface area contributed by atoms with Crippen molar-refractivity contribution < 1.29 is 18.7 Å². The number of aliphatic hydroxyl groups excluding tert-OH is 1. The maximum absolute atomic E-state index is 13.8. The lowest BCUT2D eigenvalue weighted by molar-refractivity contribution is 0.0872. The van der Waals surface area contributed by atoms with Crippen molar-refractivity contribution in [1.29, 1.82) is 0 Å². The van der Waals surface area contributed by atoms with Crippen LogP contribution in [0.5, 0.6) is 0 Å². The molecule has 0 saturated heterocycles. The molecule has 0 atom stereocenters. The van der Waals surface area contributed by atoms with Gasteiger partial charge in [0.1, 0.15) is 21.5 Å². The lowest BCUT2D eigenvalue weighted by Gasteiger charge is -2.22. The van der Waals surface area contributed by atoms with E-state index in [4.69, 9.17) is 0 Å². The Bertz CT molecular complexity index is 693. The number of carbonyl (C=O) groups is 1. The Balaban J connectivity index is 2.39. The van der Waals surface area contributed by atoms with E-state index in [1.54, 1.807) is 20.8 Å². The molecule has 1 amide bonds. The number of rotatable bonds is 4. The molecule has 2 rings (SSSR count). The Morgan fingerprint density at radius 1 is 1.36 bits per heavy atom. The van der Waals surface area contributed by atoms with Crippen molar-refractivity contribution in [3.63, 3.8) is 0 Å². The zero-order valence-corrected chi connectivity index (χ0v) is 13.2. The molecule has 0 aliphatic rings. The van der Waals surface area contributed by atoms with Gasteiger partial charge in [-0.2, -0.15) is 0 Å². The minimum absolute atomic E-state index is 0.111. The van der Waals surface area contributed by atoms with E-state index in [0.717, 1.165) is 23.5 Å². The van der Waals surface area contributed by atoms with Gasteiger partial charge in [-0.15, -0.1) is 11.3 Å². The van der Waals surface area contributed by atoms with Crippen molar-refractivity contribution in [2.24, 2.45) is 0 Å². The number of nitrogens with one attached hydrogen (secondary N) is 1. The smallest absolute Gasteiger partial charge is 0.263 e. The van der Waals surface area contributed by atoms with Gasteiger partial charge in [0.2, 0.25) is 0 Å². The van der Waals surface area contributed by atoms with Crippen molar-refractivity contribution >= 4 is 17.2 Å². The summed E-state index contributed by atoms with van der Waals surface area (Å²) in [4.78, 5) is 16.6. The van der Waals surface area contributed by atoms with Crippen LogP contribution >= 0.6 is 11.3 Å². The molecule has 4 nitrogen and oxygen atoms in total. The minimum atomic E-state index is -0.795. The fourth-order valence-corrected chi connectivity index (χ4v) is 2.83. The van der Waals surface area contributed by atoms with Gasteiger partial charge in [-0.3, -0.25) is 4.79 Å². The first-order chi connectivity index (χ1) is 10.2. The highest BCUT2D eigenvalue weighted by Crippen LogP contribution is 2.31. The molecule has 1 aromatic carbocycles. The lowest BCUT2D eigenvalue weighted by Crippen LogP contribution is -2.46. The molecule has 0 radical (unpaired) electrons. The first kappa shape index (κ1) is 16.5. The molecule has 7 heteroatoms. The van der Waals surface area contributed by atoms with Gasteiger partial charge >= 0.3 is 0 Å². The maximum atomic E-state index is 13.8. The molecule has 118 valence electrons. The molecular formula is C15H16F2N2O2S. The monoisotopic (exact) mass is 326 g/mol. The molecule has 0 bridgehead atoms. The largest absolute Gasteiger partial charge is 0.394 e. The number of halogens is 2. The van der Waals surface area contributed by atoms with Gasteiger partial charge in [0.05, 0.1) is 23.4 Å². The number of thiazole rings is 1. The summed E-state index contributed by atoms with van der Waals surface area (Å²) in [5, 5.41) is 12.0. The van der Waals surface area contributed by atoms with Crippen LogP contribution in [-0.4, -0.2) is 28.1 Å². The van der Waals surface area contributed by atoms with Crippen molar-refractivity contribution in [2.45, 2.75) is 26.3 Å². The van der Waals surface area contributed by atoms with E-state index in [1.165, 1.54) is 6.07 Å². The number of benzene rings is 1. The molecule has 1 aromatic heterocycles. The summed E-state index contributed by atoms with van der Waals surface area (Å²) in [5.74, 6) is -1.88. The number of aryl methyl sites for hydroxylation is 1. The molecule has 0 aliphatic carbocycles. The normalized spacial score (nSPS) is 11.5. The highest BCUT2D eigenvalue weighted by atomic mass is 32.1. The van der Waals surface area contributed by atoms with E-state index in [9.17, 15) is 18.7 Å². The van der Waals surface area contributed by atoms with E-state index in [1.807, 2.05) is 0 Å². The van der Waals surface area contributed by atoms with Crippen LogP contribution in [0.2, 0.25) is 0 Å². The van der Waals surface area contributed by atoms with Gasteiger partial charge in [-0.1, -0.05) is 6.07 Å². The molecular weight excluding hydrogens is 310 g/mol. The van der Waals surface area contributed by atoms with Gasteiger partial charge in [-0.25, -0.2) is 13.8 Å². The van der Waals surface area contributed by atoms with E-state index in [0.29, 0.717) is 5.69 Å². The SMILES string of the molecule is Cc1nc(-c2c(F)cccc2F)sc1C(=O)NC(C)(C)CO. The van der Waals surface area contributed by atoms with Crippen LogP contribution in [0.1, 0.15) is 29.2 Å². The Kier molecular flexibility index (Phi) is 4.58. The topological polar surface area (TPSA) is 62.2 Å². The summed E-state index contributed by atoms with van der Waals surface area (Å²) < 4.78 is 27.6. The number of nitrogens with zero attached hydrogens (tertiary/aromatic N) is 1. The fraction of sp³-hybridized carbons (Fsp3) is 0.333. The van der Waals surface area contributed by atoms with Gasteiger partial charge in [0.15, 0.2) is 0 Å². The molecule has 0 fully saturated rings. The number of carbonyl (C=O) groups excluding carboxylic acids is 1. The van der Waals surface area contributed by atoms with Gasteiger partial charge in [-0.05, 0) is 32.9 Å². The zero-order valence-electron chi connectivity index (χ0n) is 12.4. The second-order valence-electron chi connectivity index (χ2n) is 5.53. The minimum Gasteiger partial charge on any atom is -0.394 e. The summed E-state index contributed by atoms with van der Waals surface area (Å²) in [7, 11) is 0. The maximum Gasteiger partial charge on any atom is 0.263 e. The van der Waals surface area contributed by atoms with E-state index >= 15 is 0 Å². The number of hydrogen-bond donors (Lipinski definition) is 2. The van der Waals surface area contributed by atoms with Crippen LogP contribution in [0, 0.1) is 18.6 Å². The van der Waals surface area contributed by atoms with Crippen molar-refractivity contribution in [3.05, 3.63) is 40.4 Å². The highest BCUT2D eigenvalue weighted by Gasteiger charge is 2.25. The standard InChI is InChI=1S/C15H16F2N2O2S/c1-8-12(13(21)19-15(2,3)7-20)22-14(18-8)11-9(16)5-4-6-10(11)17/h4-6,20H,7H2,1-3H3,(H,19,21). The van der Waals surface area contributed by atoms with Gasteiger partial charge in [0, 0.05) is 0 Å². The molecule has 0 unspecified atom stereocenters. The van der Waals surface area contributed by atoms with E-state index in [2.05, 4.69) is 10.3 Å². The third kappa shape index (κ3) is 3.31. The predicted octanol–water partition coefficient (Wildman–Crippen LogP) is 2.90. The van der Waals surface area contributed by atoms with Crippen LogP contribution in [0.25, 0.3) is 10.6 Å². The number of hydrogen-bond acceptors (Lipinski definition) is 4. The Morgan fingerprint density at radius 2 is 1.95 bits per heavy atom. The zero-order chi connectivity index (χ0) is 16.5. The van der Waals surface area contributed by atoms with Crippen LogP contribution in [0.15, 0.2) is 18.2 Å². The third-order valence-electron chi connectivity index (χ3n) is 3.03. The molecule has 0 spiro atoms. The lowest BCUT2D eigenvalue weighted by atomic mass is 10.1.